The Morgan fingerprint density at radius 3 is 2.62 bits per heavy atom. The highest BCUT2D eigenvalue weighted by molar-refractivity contribution is 7.14. The minimum atomic E-state index is -0.636. The van der Waals surface area contributed by atoms with Crippen molar-refractivity contribution in [1.82, 2.24) is 4.98 Å². The van der Waals surface area contributed by atoms with E-state index in [2.05, 4.69) is 9.72 Å². The Kier molecular flexibility index (Phi) is 3.07. The minimum Gasteiger partial charge on any atom is -0.494 e. The topological polar surface area (TPSA) is 22.1 Å². The molecule has 2 nitrogen and oxygen atoms in total. The molecule has 0 saturated heterocycles. The summed E-state index contributed by atoms with van der Waals surface area (Å²) in [5.41, 5.74) is 0.385. The Morgan fingerprint density at radius 2 is 2.06 bits per heavy atom. The first-order valence-electron chi connectivity index (χ1n) is 4.26. The van der Waals surface area contributed by atoms with E-state index < -0.39 is 11.6 Å². The number of hydrogen-bond donors (Lipinski definition) is 0. The normalized spacial score (nSPS) is 10.5. The van der Waals surface area contributed by atoms with E-state index in [-0.39, 0.29) is 15.8 Å². The molecule has 0 aliphatic rings. The van der Waals surface area contributed by atoms with Crippen molar-refractivity contribution in [3.63, 3.8) is 0 Å². The molecule has 0 atom stereocenters. The number of halogens is 3. The maximum absolute atomic E-state index is 13.6. The van der Waals surface area contributed by atoms with Gasteiger partial charge in [-0.3, -0.25) is 0 Å². The molecule has 1 aromatic carbocycles. The van der Waals surface area contributed by atoms with Gasteiger partial charge in [-0.15, -0.1) is 11.3 Å². The summed E-state index contributed by atoms with van der Waals surface area (Å²) in [6.07, 6.45) is 0. The van der Waals surface area contributed by atoms with Gasteiger partial charge in [-0.05, 0) is 6.07 Å². The molecule has 0 radical (unpaired) electrons. The summed E-state index contributed by atoms with van der Waals surface area (Å²) in [5, 5.41) is 1.56. The van der Waals surface area contributed by atoms with E-state index in [9.17, 15) is 8.78 Å². The summed E-state index contributed by atoms with van der Waals surface area (Å²) in [6.45, 7) is 0. The predicted molar refractivity (Wildman–Crippen MR) is 59.0 cm³/mol. The second-order valence-corrected chi connectivity index (χ2v) is 4.39. The van der Waals surface area contributed by atoms with E-state index in [4.69, 9.17) is 11.6 Å². The number of nitrogens with zero attached hydrogens (tertiary/aromatic N) is 1. The number of rotatable bonds is 2. The molecule has 0 unspecified atom stereocenters. The van der Waals surface area contributed by atoms with Gasteiger partial charge in [0, 0.05) is 17.0 Å². The van der Waals surface area contributed by atoms with E-state index in [1.807, 2.05) is 0 Å². The number of methoxy groups -OCH3 is 1. The predicted octanol–water partition coefficient (Wildman–Crippen LogP) is 3.75. The van der Waals surface area contributed by atoms with Crippen LogP contribution in [0.1, 0.15) is 0 Å². The number of thiazole rings is 1. The van der Waals surface area contributed by atoms with Gasteiger partial charge in [-0.2, -0.15) is 0 Å². The second-order valence-electron chi connectivity index (χ2n) is 2.95. The van der Waals surface area contributed by atoms with E-state index >= 15 is 0 Å². The molecule has 0 fully saturated rings. The number of aromatic nitrogens is 1. The van der Waals surface area contributed by atoms with Gasteiger partial charge in [0.1, 0.15) is 5.82 Å². The number of ether oxygens (including phenoxy) is 1. The molecular weight excluding hydrogens is 256 g/mol. The van der Waals surface area contributed by atoms with Crippen LogP contribution in [0.4, 0.5) is 8.78 Å². The van der Waals surface area contributed by atoms with Crippen LogP contribution in [-0.2, 0) is 0 Å². The van der Waals surface area contributed by atoms with Gasteiger partial charge >= 0.3 is 0 Å². The Hall–Kier alpha value is -1.20. The first kappa shape index (κ1) is 11.3. The fourth-order valence-electron chi connectivity index (χ4n) is 1.26. The van der Waals surface area contributed by atoms with Gasteiger partial charge in [0.2, 0.25) is 0 Å². The molecule has 0 spiro atoms. The SMILES string of the molecule is COc1cc(F)c(-c2csc(Cl)n2)cc1F. The van der Waals surface area contributed by atoms with Crippen molar-refractivity contribution in [2.75, 3.05) is 7.11 Å². The quantitative estimate of drug-likeness (QED) is 0.821. The molecule has 1 aromatic heterocycles. The Morgan fingerprint density at radius 1 is 1.31 bits per heavy atom. The summed E-state index contributed by atoms with van der Waals surface area (Å²) in [5.74, 6) is -1.37. The van der Waals surface area contributed by atoms with Crippen LogP contribution >= 0.6 is 22.9 Å². The van der Waals surface area contributed by atoms with Crippen LogP contribution in [0.25, 0.3) is 11.3 Å². The molecule has 6 heteroatoms. The van der Waals surface area contributed by atoms with E-state index in [0.717, 1.165) is 23.5 Å². The Balaban J connectivity index is 2.54. The van der Waals surface area contributed by atoms with Crippen LogP contribution in [-0.4, -0.2) is 12.1 Å². The molecule has 0 N–H and O–H groups in total. The van der Waals surface area contributed by atoms with Crippen molar-refractivity contribution in [2.24, 2.45) is 0 Å². The highest BCUT2D eigenvalue weighted by Crippen LogP contribution is 2.30. The van der Waals surface area contributed by atoms with Gasteiger partial charge in [0.05, 0.1) is 12.8 Å². The standard InChI is InChI=1S/C10H6ClF2NOS/c1-15-9-3-6(12)5(2-7(9)13)8-4-16-10(11)14-8/h2-4H,1H3. The van der Waals surface area contributed by atoms with Gasteiger partial charge in [0.15, 0.2) is 16.0 Å². The van der Waals surface area contributed by atoms with Crippen LogP contribution in [0, 0.1) is 11.6 Å². The lowest BCUT2D eigenvalue weighted by atomic mass is 10.1. The monoisotopic (exact) mass is 261 g/mol. The smallest absolute Gasteiger partial charge is 0.184 e. The summed E-state index contributed by atoms with van der Waals surface area (Å²) >= 11 is 6.79. The fraction of sp³-hybridized carbons (Fsp3) is 0.100. The summed E-state index contributed by atoms with van der Waals surface area (Å²) in [6, 6.07) is 2.03. The van der Waals surface area contributed by atoms with Gasteiger partial charge in [0.25, 0.3) is 0 Å². The summed E-state index contributed by atoms with van der Waals surface area (Å²) < 4.78 is 31.9. The fourth-order valence-corrected chi connectivity index (χ4v) is 2.02. The lowest BCUT2D eigenvalue weighted by molar-refractivity contribution is 0.383. The molecule has 0 saturated carbocycles. The van der Waals surface area contributed by atoms with Crippen molar-refractivity contribution < 1.29 is 13.5 Å². The van der Waals surface area contributed by atoms with Crippen LogP contribution < -0.4 is 4.74 Å². The average Bonchev–Trinajstić information content (AvgIpc) is 2.67. The first-order chi connectivity index (χ1) is 7.61. The van der Waals surface area contributed by atoms with Gasteiger partial charge in [-0.25, -0.2) is 13.8 Å². The summed E-state index contributed by atoms with van der Waals surface area (Å²) in [7, 11) is 1.28. The molecule has 0 bridgehead atoms. The van der Waals surface area contributed by atoms with E-state index in [0.29, 0.717) is 5.69 Å². The molecule has 1 heterocycles. The highest BCUT2D eigenvalue weighted by atomic mass is 35.5. The molecule has 0 aliphatic carbocycles. The van der Waals surface area contributed by atoms with Crippen molar-refractivity contribution in [3.05, 3.63) is 33.6 Å². The lowest BCUT2D eigenvalue weighted by Gasteiger charge is -2.04. The highest BCUT2D eigenvalue weighted by Gasteiger charge is 2.14. The maximum atomic E-state index is 13.6. The third-order valence-corrected chi connectivity index (χ3v) is 2.97. The van der Waals surface area contributed by atoms with Crippen molar-refractivity contribution in [1.29, 1.82) is 0 Å². The van der Waals surface area contributed by atoms with Crippen LogP contribution in [0.3, 0.4) is 0 Å². The van der Waals surface area contributed by atoms with Gasteiger partial charge in [-0.1, -0.05) is 11.6 Å². The number of benzene rings is 1. The molecule has 0 aliphatic heterocycles. The van der Waals surface area contributed by atoms with Crippen molar-refractivity contribution >= 4 is 22.9 Å². The molecule has 2 rings (SSSR count). The minimum absolute atomic E-state index is 0.0708. The second kappa shape index (κ2) is 4.35. The zero-order valence-corrected chi connectivity index (χ0v) is 9.70. The lowest BCUT2D eigenvalue weighted by Crippen LogP contribution is -1.92. The summed E-state index contributed by atoms with van der Waals surface area (Å²) in [4.78, 5) is 3.87. The molecule has 0 amide bonds. The third kappa shape index (κ3) is 2.01. The van der Waals surface area contributed by atoms with Crippen molar-refractivity contribution in [3.8, 4) is 17.0 Å². The molecular formula is C10H6ClF2NOS. The van der Waals surface area contributed by atoms with Crippen LogP contribution in [0.2, 0.25) is 4.47 Å². The maximum Gasteiger partial charge on any atom is 0.184 e. The van der Waals surface area contributed by atoms with Crippen molar-refractivity contribution in [2.45, 2.75) is 0 Å². The molecule has 2 aromatic rings. The van der Waals surface area contributed by atoms with Gasteiger partial charge < -0.3 is 4.74 Å². The largest absolute Gasteiger partial charge is 0.494 e. The van der Waals surface area contributed by atoms with Crippen LogP contribution in [0.15, 0.2) is 17.5 Å². The first-order valence-corrected chi connectivity index (χ1v) is 5.52. The van der Waals surface area contributed by atoms with Crippen LogP contribution in [0.5, 0.6) is 5.75 Å². The zero-order chi connectivity index (χ0) is 11.7. The Bertz CT molecular complexity index is 530. The average molecular weight is 262 g/mol. The zero-order valence-electron chi connectivity index (χ0n) is 8.13. The van der Waals surface area contributed by atoms with E-state index in [1.54, 1.807) is 5.38 Å². The molecule has 84 valence electrons. The Labute approximate surface area is 99.5 Å². The number of hydrogen-bond acceptors (Lipinski definition) is 3. The third-order valence-electron chi connectivity index (χ3n) is 1.99. The van der Waals surface area contributed by atoms with E-state index in [1.165, 1.54) is 7.11 Å². The molecule has 16 heavy (non-hydrogen) atoms.